The topological polar surface area (TPSA) is 109 Å². The summed E-state index contributed by atoms with van der Waals surface area (Å²) in [6, 6.07) is 0. The van der Waals surface area contributed by atoms with Crippen LogP contribution in [0.5, 0.6) is 0 Å². The third-order valence-electron chi connectivity index (χ3n) is 3.51. The van der Waals surface area contributed by atoms with Gasteiger partial charge in [0.15, 0.2) is 0 Å². The van der Waals surface area contributed by atoms with Crippen molar-refractivity contribution in [1.29, 1.82) is 0 Å². The van der Waals surface area contributed by atoms with Gasteiger partial charge in [0.2, 0.25) is 0 Å². The number of aliphatic hydroxyl groups is 4. The van der Waals surface area contributed by atoms with E-state index in [0.717, 1.165) is 0 Å². The van der Waals surface area contributed by atoms with Crippen LogP contribution >= 0.6 is 0 Å². The maximum atomic E-state index is 9.81. The first kappa shape index (κ1) is 23.7. The van der Waals surface area contributed by atoms with Gasteiger partial charge in [-0.2, -0.15) is 0 Å². The van der Waals surface area contributed by atoms with Crippen LogP contribution in [0.25, 0.3) is 0 Å². The molecule has 7 heteroatoms. The molecule has 0 bridgehead atoms. The average molecular weight is 352 g/mol. The molecule has 0 aliphatic carbocycles. The highest BCUT2D eigenvalue weighted by atomic mass is 16.5. The van der Waals surface area contributed by atoms with E-state index in [1.165, 1.54) is 0 Å². The molecule has 0 spiro atoms. The van der Waals surface area contributed by atoms with Crippen LogP contribution in [0, 0.1) is 0 Å². The minimum Gasteiger partial charge on any atom is -0.393 e. The molecule has 0 saturated carbocycles. The quantitative estimate of drug-likeness (QED) is 0.299. The Morgan fingerprint density at radius 1 is 0.750 bits per heavy atom. The van der Waals surface area contributed by atoms with Gasteiger partial charge in [0, 0.05) is 13.2 Å². The second-order valence-electron chi connectivity index (χ2n) is 6.33. The predicted octanol–water partition coefficient (Wildman–Crippen LogP) is 0.469. The monoisotopic (exact) mass is 352 g/mol. The molecule has 0 amide bonds. The number of hydrogen-bond acceptors (Lipinski definition) is 7. The smallest absolute Gasteiger partial charge is 0.0795 e. The van der Waals surface area contributed by atoms with Gasteiger partial charge in [-0.1, -0.05) is 6.92 Å². The van der Waals surface area contributed by atoms with Gasteiger partial charge in [-0.3, -0.25) is 0 Å². The van der Waals surface area contributed by atoms with Crippen LogP contribution in [0.15, 0.2) is 0 Å². The van der Waals surface area contributed by atoms with Crippen LogP contribution in [0.2, 0.25) is 0 Å². The first-order chi connectivity index (χ1) is 11.3. The van der Waals surface area contributed by atoms with E-state index >= 15 is 0 Å². The minimum atomic E-state index is -0.627. The summed E-state index contributed by atoms with van der Waals surface area (Å²) in [5.74, 6) is 0. The van der Waals surface area contributed by atoms with Crippen LogP contribution in [0.1, 0.15) is 46.5 Å². The van der Waals surface area contributed by atoms with E-state index < -0.39 is 18.3 Å². The molecule has 4 N–H and O–H groups in total. The Morgan fingerprint density at radius 3 is 1.83 bits per heavy atom. The highest BCUT2D eigenvalue weighted by molar-refractivity contribution is 4.61. The lowest BCUT2D eigenvalue weighted by Crippen LogP contribution is -2.25. The largest absolute Gasteiger partial charge is 0.393 e. The lowest BCUT2D eigenvalue weighted by molar-refractivity contribution is -0.0390. The molecule has 0 fully saturated rings. The van der Waals surface area contributed by atoms with E-state index in [4.69, 9.17) is 19.3 Å². The van der Waals surface area contributed by atoms with Gasteiger partial charge in [0.25, 0.3) is 0 Å². The maximum Gasteiger partial charge on any atom is 0.0795 e. The molecule has 5 atom stereocenters. The van der Waals surface area contributed by atoms with Crippen LogP contribution in [0.4, 0.5) is 0 Å². The molecule has 7 nitrogen and oxygen atoms in total. The van der Waals surface area contributed by atoms with E-state index in [2.05, 4.69) is 0 Å². The Labute approximate surface area is 145 Å². The zero-order valence-electron chi connectivity index (χ0n) is 15.3. The van der Waals surface area contributed by atoms with Crippen molar-refractivity contribution in [3.05, 3.63) is 0 Å². The van der Waals surface area contributed by atoms with Crippen molar-refractivity contribution in [1.82, 2.24) is 0 Å². The normalized spacial score (nSPS) is 18.1. The van der Waals surface area contributed by atoms with Crippen LogP contribution < -0.4 is 0 Å². The summed E-state index contributed by atoms with van der Waals surface area (Å²) < 4.78 is 16.0. The molecule has 0 aromatic carbocycles. The van der Waals surface area contributed by atoms with Crippen LogP contribution in [0.3, 0.4) is 0 Å². The fourth-order valence-electron chi connectivity index (χ4n) is 1.97. The van der Waals surface area contributed by atoms with Crippen molar-refractivity contribution >= 4 is 0 Å². The second kappa shape index (κ2) is 15.0. The highest BCUT2D eigenvalue weighted by Crippen LogP contribution is 2.06. The summed E-state index contributed by atoms with van der Waals surface area (Å²) in [7, 11) is 0. The zero-order chi connectivity index (χ0) is 18.4. The Balaban J connectivity index is 3.52. The van der Waals surface area contributed by atoms with E-state index in [1.807, 2.05) is 13.8 Å². The molecular weight excluding hydrogens is 316 g/mol. The first-order valence-corrected chi connectivity index (χ1v) is 8.84. The summed E-state index contributed by atoms with van der Waals surface area (Å²) in [5.41, 5.74) is 0. The Bertz CT molecular complexity index is 276. The van der Waals surface area contributed by atoms with E-state index in [1.54, 1.807) is 6.92 Å². The van der Waals surface area contributed by atoms with E-state index in [9.17, 15) is 15.3 Å². The third-order valence-corrected chi connectivity index (χ3v) is 3.51. The van der Waals surface area contributed by atoms with Crippen molar-refractivity contribution in [3.63, 3.8) is 0 Å². The summed E-state index contributed by atoms with van der Waals surface area (Å²) in [6.45, 7) is 6.78. The summed E-state index contributed by atoms with van der Waals surface area (Å²) in [6.07, 6.45) is -0.107. The molecule has 146 valence electrons. The Kier molecular flexibility index (Phi) is 14.8. The zero-order valence-corrected chi connectivity index (χ0v) is 15.3. The maximum absolute atomic E-state index is 9.81. The molecule has 0 aliphatic rings. The molecule has 0 aromatic rings. The molecule has 0 heterocycles. The van der Waals surface area contributed by atoms with Crippen molar-refractivity contribution in [2.75, 3.05) is 33.0 Å². The van der Waals surface area contributed by atoms with Crippen LogP contribution in [-0.2, 0) is 14.2 Å². The van der Waals surface area contributed by atoms with Crippen molar-refractivity contribution in [2.45, 2.75) is 77.0 Å². The fraction of sp³-hybridized carbons (Fsp3) is 1.00. The molecule has 24 heavy (non-hydrogen) atoms. The van der Waals surface area contributed by atoms with Gasteiger partial charge in [0.1, 0.15) is 0 Å². The number of ether oxygens (including phenoxy) is 3. The van der Waals surface area contributed by atoms with Gasteiger partial charge in [0.05, 0.1) is 50.3 Å². The molecule has 0 saturated heterocycles. The first-order valence-electron chi connectivity index (χ1n) is 8.84. The SMILES string of the molecule is CCC(O)CC(C)OCC(O)CCOCC(O)CCOCC(C)O. The fourth-order valence-corrected chi connectivity index (χ4v) is 1.97. The van der Waals surface area contributed by atoms with Crippen LogP contribution in [-0.4, -0.2) is 84.0 Å². The van der Waals surface area contributed by atoms with E-state index in [0.29, 0.717) is 38.9 Å². The average Bonchev–Trinajstić information content (AvgIpc) is 2.53. The molecule has 0 aliphatic heterocycles. The predicted molar refractivity (Wildman–Crippen MR) is 90.9 cm³/mol. The van der Waals surface area contributed by atoms with Gasteiger partial charge in [-0.15, -0.1) is 0 Å². The highest BCUT2D eigenvalue weighted by Gasteiger charge is 2.12. The molecule has 0 radical (unpaired) electrons. The van der Waals surface area contributed by atoms with Gasteiger partial charge in [-0.05, 0) is 39.5 Å². The molecule has 0 rings (SSSR count). The molecule has 5 unspecified atom stereocenters. The summed E-state index contributed by atoms with van der Waals surface area (Å²) >= 11 is 0. The third kappa shape index (κ3) is 15.3. The summed E-state index contributed by atoms with van der Waals surface area (Å²) in [4.78, 5) is 0. The number of aliphatic hydroxyl groups excluding tert-OH is 4. The molecule has 0 aromatic heterocycles. The lowest BCUT2D eigenvalue weighted by Gasteiger charge is -2.19. The second-order valence-corrected chi connectivity index (χ2v) is 6.33. The summed E-state index contributed by atoms with van der Waals surface area (Å²) in [5, 5.41) is 38.0. The number of rotatable bonds is 16. The van der Waals surface area contributed by atoms with Crippen molar-refractivity contribution < 1.29 is 34.6 Å². The standard InChI is InChI=1S/C17H36O7/c1-4-15(19)9-14(3)24-12-17(21)6-8-23-11-16(20)5-7-22-10-13(2)18/h13-21H,4-12H2,1-3H3. The molecular formula is C17H36O7. The number of hydrogen-bond donors (Lipinski definition) is 4. The minimum absolute atomic E-state index is 0.0982. The Hall–Kier alpha value is -0.280. The van der Waals surface area contributed by atoms with Crippen molar-refractivity contribution in [2.24, 2.45) is 0 Å². The van der Waals surface area contributed by atoms with Gasteiger partial charge < -0.3 is 34.6 Å². The van der Waals surface area contributed by atoms with Gasteiger partial charge >= 0.3 is 0 Å². The van der Waals surface area contributed by atoms with Gasteiger partial charge in [-0.25, -0.2) is 0 Å². The van der Waals surface area contributed by atoms with Crippen molar-refractivity contribution in [3.8, 4) is 0 Å². The lowest BCUT2D eigenvalue weighted by atomic mass is 10.1. The van der Waals surface area contributed by atoms with E-state index in [-0.39, 0.29) is 32.0 Å². The Morgan fingerprint density at radius 2 is 1.29 bits per heavy atom.